The molecule has 1 N–H and O–H groups in total. The zero-order valence-electron chi connectivity index (χ0n) is 90.3. The number of nitrogens with one attached hydrogen (secondary N) is 1. The number of hydrogen-bond donors (Lipinski definition) is 1. The van der Waals surface area contributed by atoms with E-state index in [0.29, 0.717) is 0 Å². The van der Waals surface area contributed by atoms with Crippen molar-refractivity contribution in [2.24, 2.45) is 0 Å². The van der Waals surface area contributed by atoms with Crippen molar-refractivity contribution in [3.05, 3.63) is 407 Å². The summed E-state index contributed by atoms with van der Waals surface area (Å²) in [5.41, 5.74) is 32.6. The summed E-state index contributed by atoms with van der Waals surface area (Å²) < 4.78 is 8.54. The quantitative estimate of drug-likeness (QED) is 0.156. The van der Waals surface area contributed by atoms with Crippen molar-refractivity contribution in [1.29, 1.82) is 0 Å². The topological polar surface area (TPSA) is 145 Å². The number of rotatable bonds is 0. The number of aryl methyl sites for hydroxylation is 1. The highest BCUT2D eigenvalue weighted by Crippen LogP contribution is 2.43. The molecule has 0 fully saturated rings. The largest absolute Gasteiger partial charge is 0.256 e. The van der Waals surface area contributed by atoms with Gasteiger partial charge in [0.15, 0.2) is 0 Å². The van der Waals surface area contributed by atoms with Gasteiger partial charge in [-0.25, -0.2) is 0 Å². The molecule has 732 valence electrons. The minimum absolute atomic E-state index is 0.148. The molecule has 0 saturated heterocycles. The third-order valence-corrected chi connectivity index (χ3v) is 26.1. The Hall–Kier alpha value is -13.4. The van der Waals surface area contributed by atoms with Crippen LogP contribution in [0.4, 0.5) is 0 Å². The minimum atomic E-state index is 0.148. The molecule has 13 aromatic carbocycles. The fourth-order valence-electron chi connectivity index (χ4n) is 17.2. The van der Waals surface area contributed by atoms with Crippen LogP contribution in [0.25, 0.3) is 109 Å². The van der Waals surface area contributed by atoms with Gasteiger partial charge < -0.3 is 0 Å². The van der Waals surface area contributed by atoms with Crippen LogP contribution in [0.3, 0.4) is 0 Å². The van der Waals surface area contributed by atoms with Crippen LogP contribution in [0.15, 0.2) is 334 Å². The molecule has 0 saturated carbocycles. The van der Waals surface area contributed by atoms with Gasteiger partial charge in [-0.1, -0.05) is 432 Å². The van der Waals surface area contributed by atoms with Crippen LogP contribution in [0.1, 0.15) is 280 Å². The van der Waals surface area contributed by atoms with E-state index in [-0.39, 0.29) is 54.1 Å². The van der Waals surface area contributed by atoms with Crippen molar-refractivity contribution >= 4 is 110 Å². The number of aromatic amines is 1. The van der Waals surface area contributed by atoms with Crippen molar-refractivity contribution in [3.63, 3.8) is 0 Å². The Balaban J connectivity index is 0.000000141. The standard InChI is InChI=1S/C17H18.C14H17N.2C14H16.3C13H15N.C12H14N2.C10H13N3.C10H12N2S/c1-17(2,3)16-10-6-9-14-13-8-5-4-7-12(13)11-15(14)16;1-10-8-9-11-6-5-7-12(13(11)15-10)14(2,3)4;1-14(2,3)13-10-6-8-11-7-4-5-9-12(11)13;1-14(2,3)13-9-8-11-6-4-5-7-12(11)10-13;1-13(2,3)11-7-4-8-12-10(11)6-5-9-14-12;1-13(2,3)11-6-7-12-10(9-11)5-4-8-14-12;1-13(2,3)11-8-10-6-4-5-7-12(10)14-9-11;1-12(2,3)9-4-5-10-11(8-9)14-7-6-13-10;1-10(2,3)7-4-5-8-9(6-7)12-13-11-8;1-10(2,3)7-5-4-6-8-9(7)12-13-11-8/h4-10H,11H2,1-3H3;5-9H,1-4H3;2*4-10H,1-3H3;3*4-9H,1-3H3;4-8H,1-3H3;4-6H,1-3H3,(H,11,12,13);4-6H,1-3H3. The Morgan fingerprint density at radius 1 is 0.232 bits per heavy atom. The highest BCUT2D eigenvalue weighted by Gasteiger charge is 2.28. The summed E-state index contributed by atoms with van der Waals surface area (Å²) in [6.07, 6.45) is 10.2. The molecule has 0 amide bonds. The molecule has 0 radical (unpaired) electrons. The maximum Gasteiger partial charge on any atom is 0.113 e. The Morgan fingerprint density at radius 2 is 0.620 bits per heavy atom. The van der Waals surface area contributed by atoms with Crippen LogP contribution in [-0.2, 0) is 60.6 Å². The third kappa shape index (κ3) is 28.7. The predicted octanol–water partition coefficient (Wildman–Crippen LogP) is 35.4. The fourth-order valence-corrected chi connectivity index (χ4v) is 17.7. The normalized spacial score (nSPS) is 12.2. The van der Waals surface area contributed by atoms with Gasteiger partial charge in [0.1, 0.15) is 22.1 Å². The second-order valence-electron chi connectivity index (χ2n) is 47.5. The maximum atomic E-state index is 4.64. The number of pyridine rings is 4. The number of para-hydroxylation sites is 2. The first-order chi connectivity index (χ1) is 66.7. The number of H-pyrrole nitrogens is 1. The Labute approximate surface area is 851 Å². The molecule has 142 heavy (non-hydrogen) atoms. The summed E-state index contributed by atoms with van der Waals surface area (Å²) in [6.45, 7) is 68.9. The fraction of sp³-hybridized carbons (Fsp3) is 0.323. The molecular weight excluding hydrogens is 1750 g/mol. The number of nitrogens with zero attached hydrogens (tertiary/aromatic N) is 10. The molecule has 7 aromatic heterocycles. The van der Waals surface area contributed by atoms with E-state index in [0.717, 1.165) is 67.3 Å². The molecule has 0 bridgehead atoms. The van der Waals surface area contributed by atoms with Crippen LogP contribution in [0.5, 0.6) is 0 Å². The summed E-state index contributed by atoms with van der Waals surface area (Å²) in [5, 5.41) is 21.0. The Morgan fingerprint density at radius 3 is 1.23 bits per heavy atom. The van der Waals surface area contributed by atoms with Gasteiger partial charge in [0.25, 0.3) is 0 Å². The van der Waals surface area contributed by atoms with E-state index in [4.69, 9.17) is 0 Å². The van der Waals surface area contributed by atoms with Gasteiger partial charge in [0.2, 0.25) is 0 Å². The predicted molar refractivity (Wildman–Crippen MR) is 612 cm³/mol. The van der Waals surface area contributed by atoms with E-state index in [1.807, 2.05) is 74.0 Å². The molecule has 20 aromatic rings. The van der Waals surface area contributed by atoms with Crippen LogP contribution in [-0.4, -0.2) is 54.1 Å². The lowest BCUT2D eigenvalue weighted by Crippen LogP contribution is -2.13. The molecule has 1 aliphatic carbocycles. The second kappa shape index (κ2) is 44.8. The minimum Gasteiger partial charge on any atom is -0.256 e. The molecular formula is C130H151N11S. The first-order valence-electron chi connectivity index (χ1n) is 50.0. The first kappa shape index (κ1) is 107. The average molecular weight is 1900 g/mol. The van der Waals surface area contributed by atoms with E-state index < -0.39 is 0 Å². The molecule has 1 aliphatic rings. The summed E-state index contributed by atoms with van der Waals surface area (Å²) in [4.78, 5) is 26.3. The van der Waals surface area contributed by atoms with Crippen molar-refractivity contribution < 1.29 is 0 Å². The molecule has 12 heteroatoms. The lowest BCUT2D eigenvalue weighted by atomic mass is 9.82. The molecule has 0 aliphatic heterocycles. The zero-order valence-corrected chi connectivity index (χ0v) is 91.2. The summed E-state index contributed by atoms with van der Waals surface area (Å²) in [5.74, 6) is 0. The van der Waals surface area contributed by atoms with Crippen LogP contribution in [0.2, 0.25) is 0 Å². The Kier molecular flexibility index (Phi) is 33.9. The lowest BCUT2D eigenvalue weighted by molar-refractivity contribution is 0.585. The number of hydrogen-bond acceptors (Lipinski definition) is 11. The van der Waals surface area contributed by atoms with Gasteiger partial charge in [0, 0.05) is 58.2 Å². The van der Waals surface area contributed by atoms with Crippen molar-refractivity contribution in [1.82, 2.24) is 54.1 Å². The molecule has 11 nitrogen and oxygen atoms in total. The average Bonchev–Trinajstić information content (AvgIpc) is 1.65. The molecule has 0 atom stereocenters. The van der Waals surface area contributed by atoms with E-state index in [1.54, 1.807) is 12.4 Å². The number of fused-ring (bicyclic) bond motifs is 12. The lowest BCUT2D eigenvalue weighted by Gasteiger charge is -2.22. The summed E-state index contributed by atoms with van der Waals surface area (Å²) >= 11 is 1.28. The number of benzene rings is 13. The highest BCUT2D eigenvalue weighted by atomic mass is 32.1. The van der Waals surface area contributed by atoms with Crippen molar-refractivity contribution in [2.45, 2.75) is 275 Å². The Bertz CT molecular complexity index is 7160. The van der Waals surface area contributed by atoms with E-state index in [1.165, 1.54) is 133 Å². The van der Waals surface area contributed by atoms with Crippen molar-refractivity contribution in [3.8, 4) is 11.1 Å². The smallest absolute Gasteiger partial charge is 0.113 e. The highest BCUT2D eigenvalue weighted by molar-refractivity contribution is 7.00. The molecule has 7 heterocycles. The van der Waals surface area contributed by atoms with E-state index >= 15 is 0 Å². The SMILES string of the molecule is CC(C)(C)c1ccc2ccccc2c1.CC(C)(C)c1ccc2n[nH]nc2c1.CC(C)(C)c1ccc2ncccc2c1.CC(C)(C)c1ccc2nccnc2c1.CC(C)(C)c1cccc2c1Cc1ccccc1-2.CC(C)(C)c1cccc2ccccc12.CC(C)(C)c1cccc2ncccc12.CC(C)(C)c1cccc2nsnc12.CC(C)(C)c1cnc2ccccc2c1.Cc1ccc2cccc(C(C)(C)C)c2n1. The maximum absolute atomic E-state index is 4.64. The second-order valence-corrected chi connectivity index (χ2v) is 48.0. The van der Waals surface area contributed by atoms with Crippen LogP contribution < -0.4 is 0 Å². The van der Waals surface area contributed by atoms with Gasteiger partial charge >= 0.3 is 0 Å². The van der Waals surface area contributed by atoms with Gasteiger partial charge in [-0.15, -0.1) is 0 Å². The zero-order chi connectivity index (χ0) is 103. The van der Waals surface area contributed by atoms with Gasteiger partial charge in [0.05, 0.1) is 44.8 Å². The first-order valence-corrected chi connectivity index (χ1v) is 50.8. The molecule has 0 spiro atoms. The third-order valence-electron chi connectivity index (χ3n) is 25.5. The molecule has 0 unspecified atom stereocenters. The van der Waals surface area contributed by atoms with E-state index in [9.17, 15) is 0 Å². The number of aromatic nitrogens is 11. The monoisotopic (exact) mass is 1900 g/mol. The molecule has 21 rings (SSSR count). The van der Waals surface area contributed by atoms with Gasteiger partial charge in [-0.05, 0) is 246 Å². The summed E-state index contributed by atoms with van der Waals surface area (Å²) in [7, 11) is 0. The van der Waals surface area contributed by atoms with Crippen molar-refractivity contribution in [2.75, 3.05) is 0 Å². The summed E-state index contributed by atoms with van der Waals surface area (Å²) in [6, 6.07) is 107. The van der Waals surface area contributed by atoms with Crippen LogP contribution in [0, 0.1) is 6.92 Å². The van der Waals surface area contributed by atoms with Gasteiger partial charge in [-0.2, -0.15) is 24.2 Å². The van der Waals surface area contributed by atoms with E-state index in [2.05, 4.69) is 517 Å². The van der Waals surface area contributed by atoms with Gasteiger partial charge in [-0.3, -0.25) is 29.9 Å². The van der Waals surface area contributed by atoms with Crippen LogP contribution >= 0.6 is 11.7 Å².